The number of carbonyl (C=O) groups excluding carboxylic acids is 1. The van der Waals surface area contributed by atoms with E-state index < -0.39 is 11.0 Å². The number of aryl methyl sites for hydroxylation is 2. The minimum Gasteiger partial charge on any atom is -0.271 e. The van der Waals surface area contributed by atoms with E-state index in [0.717, 1.165) is 24.8 Å². The predicted octanol–water partition coefficient (Wildman–Crippen LogP) is 2.36. The Hall–Kier alpha value is -1.16. The highest BCUT2D eigenvalue weighted by molar-refractivity contribution is 7.82. The maximum atomic E-state index is 11.6. The fourth-order valence-corrected chi connectivity index (χ4v) is 2.05. The van der Waals surface area contributed by atoms with E-state index in [1.807, 2.05) is 19.1 Å². The number of carbonyl (C=O) groups is 1. The average molecular weight is 253 g/mol. The third-order valence-corrected chi connectivity index (χ3v) is 3.11. The van der Waals surface area contributed by atoms with E-state index in [2.05, 4.69) is 11.6 Å². The summed E-state index contributed by atoms with van der Waals surface area (Å²) in [6, 6.07) is 5.63. The Kier molecular flexibility index (Phi) is 5.35. The molecule has 1 unspecified atom stereocenters. The molecule has 1 amide bonds. The summed E-state index contributed by atoms with van der Waals surface area (Å²) in [5, 5.41) is 0. The number of nitrogens with one attached hydrogen (secondary N) is 1. The molecule has 0 bridgehead atoms. The summed E-state index contributed by atoms with van der Waals surface area (Å²) in [5.74, 6) is -0.282. The lowest BCUT2D eigenvalue weighted by molar-refractivity contribution is 0.0983. The Morgan fingerprint density at radius 3 is 2.65 bits per heavy atom. The van der Waals surface area contributed by atoms with E-state index in [1.54, 1.807) is 6.07 Å². The van der Waals surface area contributed by atoms with Gasteiger partial charge in [-0.1, -0.05) is 19.4 Å². The predicted molar refractivity (Wildman–Crippen MR) is 71.3 cm³/mol. The zero-order valence-electron chi connectivity index (χ0n) is 10.6. The maximum absolute atomic E-state index is 11.6. The molecule has 0 spiro atoms. The summed E-state index contributed by atoms with van der Waals surface area (Å²) >= 11 is 0. The monoisotopic (exact) mass is 253 g/mol. The van der Waals surface area contributed by atoms with E-state index in [9.17, 15) is 9.00 Å². The fourth-order valence-electron chi connectivity index (χ4n) is 1.67. The molecule has 0 aliphatic rings. The Morgan fingerprint density at radius 1 is 1.41 bits per heavy atom. The average Bonchev–Trinajstić information content (AvgIpc) is 2.26. The first-order chi connectivity index (χ1) is 8.04. The van der Waals surface area contributed by atoms with Crippen molar-refractivity contribution < 1.29 is 9.00 Å². The van der Waals surface area contributed by atoms with Crippen molar-refractivity contribution in [2.75, 3.05) is 6.26 Å². The van der Waals surface area contributed by atoms with Gasteiger partial charge in [-0.15, -0.1) is 0 Å². The van der Waals surface area contributed by atoms with Gasteiger partial charge in [0.15, 0.2) is 0 Å². The second-order valence-corrected chi connectivity index (χ2v) is 5.24. The second kappa shape index (κ2) is 6.55. The molecule has 0 fully saturated rings. The lowest BCUT2D eigenvalue weighted by Crippen LogP contribution is -2.24. The van der Waals surface area contributed by atoms with Gasteiger partial charge in [-0.25, -0.2) is 4.21 Å². The molecule has 1 rings (SSSR count). The molecule has 1 N–H and O–H groups in total. The van der Waals surface area contributed by atoms with Gasteiger partial charge in [-0.2, -0.15) is 0 Å². The van der Waals surface area contributed by atoms with Crippen molar-refractivity contribution in [2.24, 2.45) is 0 Å². The van der Waals surface area contributed by atoms with Crippen LogP contribution in [0.2, 0.25) is 0 Å². The lowest BCUT2D eigenvalue weighted by Gasteiger charge is -2.07. The van der Waals surface area contributed by atoms with Gasteiger partial charge in [0.05, 0.1) is 0 Å². The van der Waals surface area contributed by atoms with E-state index in [-0.39, 0.29) is 5.91 Å². The van der Waals surface area contributed by atoms with Gasteiger partial charge in [0.25, 0.3) is 5.91 Å². The van der Waals surface area contributed by atoms with Crippen molar-refractivity contribution in [1.82, 2.24) is 4.72 Å². The Bertz CT molecular complexity index is 429. The van der Waals surface area contributed by atoms with Crippen LogP contribution in [0.1, 0.15) is 41.3 Å². The van der Waals surface area contributed by atoms with Crippen molar-refractivity contribution >= 4 is 16.9 Å². The summed E-state index contributed by atoms with van der Waals surface area (Å²) < 4.78 is 13.3. The van der Waals surface area contributed by atoms with Crippen LogP contribution in [-0.4, -0.2) is 16.4 Å². The van der Waals surface area contributed by atoms with Crippen LogP contribution in [0.5, 0.6) is 0 Å². The van der Waals surface area contributed by atoms with E-state index in [1.165, 1.54) is 11.8 Å². The van der Waals surface area contributed by atoms with Crippen molar-refractivity contribution in [3.8, 4) is 0 Å². The van der Waals surface area contributed by atoms with Crippen LogP contribution in [0, 0.1) is 6.92 Å². The summed E-state index contributed by atoms with van der Waals surface area (Å²) in [6.45, 7) is 4.17. The van der Waals surface area contributed by atoms with Crippen molar-refractivity contribution in [1.29, 1.82) is 0 Å². The van der Waals surface area contributed by atoms with E-state index in [0.29, 0.717) is 5.56 Å². The SMILES string of the molecule is CCCCc1ccc(C(=O)NS(C)=O)cc1C. The zero-order chi connectivity index (χ0) is 12.8. The summed E-state index contributed by atoms with van der Waals surface area (Å²) in [7, 11) is -1.31. The molecule has 1 aromatic rings. The molecule has 0 aromatic heterocycles. The molecule has 0 radical (unpaired) electrons. The first kappa shape index (κ1) is 13.9. The number of hydrogen-bond acceptors (Lipinski definition) is 2. The van der Waals surface area contributed by atoms with Gasteiger partial charge in [0.1, 0.15) is 11.0 Å². The van der Waals surface area contributed by atoms with E-state index in [4.69, 9.17) is 0 Å². The van der Waals surface area contributed by atoms with Crippen LogP contribution in [0.4, 0.5) is 0 Å². The van der Waals surface area contributed by atoms with Gasteiger partial charge in [-0.05, 0) is 43.0 Å². The zero-order valence-corrected chi connectivity index (χ0v) is 11.4. The standard InChI is InChI=1S/C13H19NO2S/c1-4-5-6-11-7-8-12(9-10(11)2)13(15)14-17(3)16/h7-9H,4-6H2,1-3H3,(H,14,15). The van der Waals surface area contributed by atoms with Crippen LogP contribution < -0.4 is 4.72 Å². The quantitative estimate of drug-likeness (QED) is 0.875. The molecule has 3 nitrogen and oxygen atoms in total. The Balaban J connectivity index is 2.81. The maximum Gasteiger partial charge on any atom is 0.262 e. The van der Waals surface area contributed by atoms with Crippen molar-refractivity contribution in [2.45, 2.75) is 33.1 Å². The molecular weight excluding hydrogens is 234 g/mol. The van der Waals surface area contributed by atoms with Gasteiger partial charge in [0.2, 0.25) is 0 Å². The van der Waals surface area contributed by atoms with Gasteiger partial charge in [-0.3, -0.25) is 9.52 Å². The molecule has 0 aliphatic heterocycles. The summed E-state index contributed by atoms with van der Waals surface area (Å²) in [5.41, 5.74) is 2.96. The van der Waals surface area contributed by atoms with Crippen molar-refractivity contribution in [3.05, 3.63) is 34.9 Å². The fraction of sp³-hybridized carbons (Fsp3) is 0.462. The highest BCUT2D eigenvalue weighted by Crippen LogP contribution is 2.14. The Morgan fingerprint density at radius 2 is 2.12 bits per heavy atom. The number of hydrogen-bond donors (Lipinski definition) is 1. The lowest BCUT2D eigenvalue weighted by atomic mass is 10.0. The molecular formula is C13H19NO2S. The normalized spacial score (nSPS) is 12.2. The van der Waals surface area contributed by atoms with Crippen molar-refractivity contribution in [3.63, 3.8) is 0 Å². The molecule has 0 saturated heterocycles. The van der Waals surface area contributed by atoms with Gasteiger partial charge in [0, 0.05) is 11.8 Å². The molecule has 0 saturated carbocycles. The molecule has 0 heterocycles. The largest absolute Gasteiger partial charge is 0.271 e. The number of rotatable bonds is 5. The third-order valence-electron chi connectivity index (χ3n) is 2.64. The number of amides is 1. The first-order valence-corrected chi connectivity index (χ1v) is 7.34. The van der Waals surface area contributed by atoms with Crippen LogP contribution in [-0.2, 0) is 17.4 Å². The molecule has 0 aliphatic carbocycles. The van der Waals surface area contributed by atoms with E-state index >= 15 is 0 Å². The van der Waals surface area contributed by atoms with Crippen LogP contribution in [0.15, 0.2) is 18.2 Å². The van der Waals surface area contributed by atoms with Gasteiger partial charge >= 0.3 is 0 Å². The highest BCUT2D eigenvalue weighted by atomic mass is 32.2. The number of benzene rings is 1. The summed E-state index contributed by atoms with van der Waals surface area (Å²) in [4.78, 5) is 11.6. The van der Waals surface area contributed by atoms with Crippen LogP contribution >= 0.6 is 0 Å². The Labute approximate surface area is 105 Å². The second-order valence-electron chi connectivity index (χ2n) is 4.13. The number of unbranched alkanes of at least 4 members (excludes halogenated alkanes) is 1. The van der Waals surface area contributed by atoms with Crippen LogP contribution in [0.25, 0.3) is 0 Å². The summed E-state index contributed by atoms with van der Waals surface area (Å²) in [6.07, 6.45) is 4.81. The topological polar surface area (TPSA) is 46.2 Å². The minimum absolute atomic E-state index is 0.282. The highest BCUT2D eigenvalue weighted by Gasteiger charge is 2.08. The minimum atomic E-state index is -1.31. The van der Waals surface area contributed by atoms with Gasteiger partial charge < -0.3 is 0 Å². The van der Waals surface area contributed by atoms with Crippen LogP contribution in [0.3, 0.4) is 0 Å². The third kappa shape index (κ3) is 4.30. The molecule has 4 heteroatoms. The smallest absolute Gasteiger partial charge is 0.262 e. The molecule has 94 valence electrons. The molecule has 1 aromatic carbocycles. The molecule has 1 atom stereocenters. The molecule has 17 heavy (non-hydrogen) atoms. The first-order valence-electron chi connectivity index (χ1n) is 5.78.